The van der Waals surface area contributed by atoms with Crippen LogP contribution >= 0.6 is 0 Å². The second kappa shape index (κ2) is 6.00. The molecule has 0 amide bonds. The number of aryl methyl sites for hydroxylation is 1. The molecule has 0 atom stereocenters. The van der Waals surface area contributed by atoms with E-state index in [-0.39, 0.29) is 11.5 Å². The molecule has 20 heavy (non-hydrogen) atoms. The lowest BCUT2D eigenvalue weighted by Gasteiger charge is -2.07. The standard InChI is InChI=1S/C12H16N4O3S/c1-3-7-16-12(13-14-15-16)9-19-10-5-4-6-11(8-10)20(2,17)18/h4-6,8H,3,7,9H2,1-2H3. The number of sulfone groups is 1. The summed E-state index contributed by atoms with van der Waals surface area (Å²) in [7, 11) is -3.24. The monoisotopic (exact) mass is 296 g/mol. The molecule has 0 aliphatic heterocycles. The number of rotatable bonds is 6. The molecule has 0 saturated heterocycles. The Bertz CT molecular complexity index is 682. The summed E-state index contributed by atoms with van der Waals surface area (Å²) >= 11 is 0. The molecule has 0 bridgehead atoms. The Labute approximate surface area is 117 Å². The highest BCUT2D eigenvalue weighted by Crippen LogP contribution is 2.18. The molecule has 0 aliphatic carbocycles. The first-order chi connectivity index (χ1) is 9.50. The largest absolute Gasteiger partial charge is 0.486 e. The molecule has 1 heterocycles. The van der Waals surface area contributed by atoms with Gasteiger partial charge in [0.1, 0.15) is 12.4 Å². The summed E-state index contributed by atoms with van der Waals surface area (Å²) < 4.78 is 30.1. The second-order valence-electron chi connectivity index (χ2n) is 4.35. The number of hydrogen-bond donors (Lipinski definition) is 0. The van der Waals surface area contributed by atoms with Gasteiger partial charge in [0.15, 0.2) is 15.7 Å². The first kappa shape index (κ1) is 14.4. The zero-order valence-electron chi connectivity index (χ0n) is 11.4. The lowest BCUT2D eigenvalue weighted by atomic mass is 10.3. The van der Waals surface area contributed by atoms with Crippen molar-refractivity contribution in [3.05, 3.63) is 30.1 Å². The van der Waals surface area contributed by atoms with Crippen molar-refractivity contribution in [3.63, 3.8) is 0 Å². The van der Waals surface area contributed by atoms with E-state index in [0.717, 1.165) is 19.2 Å². The fourth-order valence-electron chi connectivity index (χ4n) is 1.65. The molecule has 0 aliphatic rings. The van der Waals surface area contributed by atoms with Gasteiger partial charge in [-0.2, -0.15) is 0 Å². The zero-order chi connectivity index (χ0) is 14.6. The molecule has 0 saturated carbocycles. The maximum absolute atomic E-state index is 11.5. The second-order valence-corrected chi connectivity index (χ2v) is 6.37. The lowest BCUT2D eigenvalue weighted by molar-refractivity contribution is 0.285. The van der Waals surface area contributed by atoms with Gasteiger partial charge in [-0.25, -0.2) is 13.1 Å². The average molecular weight is 296 g/mol. The summed E-state index contributed by atoms with van der Waals surface area (Å²) in [5, 5.41) is 11.3. The van der Waals surface area contributed by atoms with E-state index in [1.54, 1.807) is 16.8 Å². The van der Waals surface area contributed by atoms with Crippen LogP contribution in [-0.4, -0.2) is 34.9 Å². The van der Waals surface area contributed by atoms with Gasteiger partial charge in [0, 0.05) is 12.8 Å². The average Bonchev–Trinajstić information content (AvgIpc) is 2.84. The molecule has 7 nitrogen and oxygen atoms in total. The predicted molar refractivity (Wildman–Crippen MR) is 72.0 cm³/mol. The number of benzene rings is 1. The van der Waals surface area contributed by atoms with Crippen LogP contribution in [0.15, 0.2) is 29.2 Å². The Morgan fingerprint density at radius 3 is 2.85 bits per heavy atom. The van der Waals surface area contributed by atoms with Crippen LogP contribution < -0.4 is 4.74 Å². The van der Waals surface area contributed by atoms with Gasteiger partial charge in [-0.05, 0) is 35.0 Å². The Balaban J connectivity index is 2.09. The molecule has 0 unspecified atom stereocenters. The maximum atomic E-state index is 11.5. The molecule has 2 aromatic rings. The highest BCUT2D eigenvalue weighted by Gasteiger charge is 2.09. The van der Waals surface area contributed by atoms with E-state index in [4.69, 9.17) is 4.74 Å². The van der Waals surface area contributed by atoms with Crippen molar-refractivity contribution < 1.29 is 13.2 Å². The predicted octanol–water partition coefficient (Wildman–Crippen LogP) is 1.07. The van der Waals surface area contributed by atoms with E-state index in [1.807, 2.05) is 6.92 Å². The van der Waals surface area contributed by atoms with Gasteiger partial charge in [-0.1, -0.05) is 13.0 Å². The third kappa shape index (κ3) is 3.53. The van der Waals surface area contributed by atoms with Gasteiger partial charge >= 0.3 is 0 Å². The first-order valence-electron chi connectivity index (χ1n) is 6.18. The molecule has 108 valence electrons. The van der Waals surface area contributed by atoms with Gasteiger partial charge < -0.3 is 4.74 Å². The summed E-state index contributed by atoms with van der Waals surface area (Å²) in [5.41, 5.74) is 0. The zero-order valence-corrected chi connectivity index (χ0v) is 12.2. The molecule has 0 radical (unpaired) electrons. The molecule has 1 aromatic carbocycles. The minimum atomic E-state index is -3.24. The van der Waals surface area contributed by atoms with Crippen molar-refractivity contribution in [3.8, 4) is 5.75 Å². The number of ether oxygens (including phenoxy) is 1. The van der Waals surface area contributed by atoms with Crippen LogP contribution in [0.1, 0.15) is 19.2 Å². The molecule has 0 fully saturated rings. The van der Waals surface area contributed by atoms with E-state index >= 15 is 0 Å². The lowest BCUT2D eigenvalue weighted by Crippen LogP contribution is -2.08. The fourth-order valence-corrected chi connectivity index (χ4v) is 2.31. The number of aromatic nitrogens is 4. The summed E-state index contributed by atoms with van der Waals surface area (Å²) in [6, 6.07) is 6.36. The van der Waals surface area contributed by atoms with Crippen LogP contribution in [0.5, 0.6) is 5.75 Å². The summed E-state index contributed by atoms with van der Waals surface area (Å²) in [6.07, 6.45) is 2.08. The molecular formula is C12H16N4O3S. The van der Waals surface area contributed by atoms with Crippen molar-refractivity contribution in [1.29, 1.82) is 0 Å². The third-order valence-corrected chi connectivity index (χ3v) is 3.75. The SMILES string of the molecule is CCCn1nnnc1COc1cccc(S(C)(=O)=O)c1. The molecule has 0 N–H and O–H groups in total. The smallest absolute Gasteiger partial charge is 0.189 e. The van der Waals surface area contributed by atoms with Gasteiger partial charge in [0.2, 0.25) is 0 Å². The summed E-state index contributed by atoms with van der Waals surface area (Å²) in [4.78, 5) is 0.225. The minimum absolute atomic E-state index is 0.195. The molecule has 2 rings (SSSR count). The van der Waals surface area contributed by atoms with Gasteiger partial charge in [-0.3, -0.25) is 0 Å². The number of tetrazole rings is 1. The highest BCUT2D eigenvalue weighted by molar-refractivity contribution is 7.90. The van der Waals surface area contributed by atoms with Crippen LogP contribution in [0.2, 0.25) is 0 Å². The first-order valence-corrected chi connectivity index (χ1v) is 8.08. The number of nitrogens with zero attached hydrogens (tertiary/aromatic N) is 4. The topological polar surface area (TPSA) is 87.0 Å². The van der Waals surface area contributed by atoms with Crippen LogP contribution in [0, 0.1) is 0 Å². The van der Waals surface area contributed by atoms with Crippen molar-refractivity contribution >= 4 is 9.84 Å². The maximum Gasteiger partial charge on any atom is 0.189 e. The van der Waals surface area contributed by atoms with Crippen LogP contribution in [0.4, 0.5) is 0 Å². The quantitative estimate of drug-likeness (QED) is 0.792. The Hall–Kier alpha value is -1.96. The van der Waals surface area contributed by atoms with E-state index in [1.165, 1.54) is 12.1 Å². The Morgan fingerprint density at radius 2 is 2.15 bits per heavy atom. The Morgan fingerprint density at radius 1 is 1.35 bits per heavy atom. The summed E-state index contributed by atoms with van der Waals surface area (Å²) in [6.45, 7) is 2.94. The van der Waals surface area contributed by atoms with Crippen LogP contribution in [0.25, 0.3) is 0 Å². The molecule has 1 aromatic heterocycles. The van der Waals surface area contributed by atoms with Crippen molar-refractivity contribution in [2.75, 3.05) is 6.26 Å². The van der Waals surface area contributed by atoms with E-state index in [0.29, 0.717) is 11.6 Å². The van der Waals surface area contributed by atoms with Gasteiger partial charge in [-0.15, -0.1) is 5.10 Å². The van der Waals surface area contributed by atoms with Crippen LogP contribution in [-0.2, 0) is 23.0 Å². The van der Waals surface area contributed by atoms with Gasteiger partial charge in [0.05, 0.1) is 4.90 Å². The van der Waals surface area contributed by atoms with Crippen molar-refractivity contribution in [2.45, 2.75) is 31.4 Å². The van der Waals surface area contributed by atoms with E-state index < -0.39 is 9.84 Å². The highest BCUT2D eigenvalue weighted by atomic mass is 32.2. The van der Waals surface area contributed by atoms with Crippen molar-refractivity contribution in [2.24, 2.45) is 0 Å². The van der Waals surface area contributed by atoms with E-state index in [2.05, 4.69) is 15.5 Å². The molecule has 0 spiro atoms. The third-order valence-electron chi connectivity index (χ3n) is 2.64. The molecule has 8 heteroatoms. The number of hydrogen-bond acceptors (Lipinski definition) is 6. The normalized spacial score (nSPS) is 11.5. The van der Waals surface area contributed by atoms with Crippen molar-refractivity contribution in [1.82, 2.24) is 20.2 Å². The molecular weight excluding hydrogens is 280 g/mol. The fraction of sp³-hybridized carbons (Fsp3) is 0.417. The van der Waals surface area contributed by atoms with Gasteiger partial charge in [0.25, 0.3) is 0 Å². The summed E-state index contributed by atoms with van der Waals surface area (Å²) in [5.74, 6) is 1.08. The minimum Gasteiger partial charge on any atom is -0.486 e. The van der Waals surface area contributed by atoms with E-state index in [9.17, 15) is 8.42 Å². The Kier molecular flexibility index (Phi) is 4.33. The van der Waals surface area contributed by atoms with Crippen LogP contribution in [0.3, 0.4) is 0 Å².